The Morgan fingerprint density at radius 3 is 2.60 bits per heavy atom. The van der Waals surface area contributed by atoms with Crippen molar-refractivity contribution in [3.63, 3.8) is 0 Å². The fourth-order valence-corrected chi connectivity index (χ4v) is 6.21. The average Bonchev–Trinajstić information content (AvgIpc) is 3.31. The largest absolute Gasteiger partial charge is 0.387 e. The third-order valence-corrected chi connectivity index (χ3v) is 8.66. The predicted molar refractivity (Wildman–Crippen MR) is 121 cm³/mol. The number of aliphatic hydroxyl groups excluding tert-OH is 1. The minimum absolute atomic E-state index is 0.240. The third kappa shape index (κ3) is 6.11. The maximum Gasteiger partial charge on any atom is 0.340 e. The first-order valence-electron chi connectivity index (χ1n) is 10.4. The van der Waals surface area contributed by atoms with Gasteiger partial charge in [-0.3, -0.25) is 9.13 Å². The fraction of sp³-hybridized carbons (Fsp3) is 0.421. The lowest BCUT2D eigenvalue weighted by Crippen LogP contribution is -2.31. The Bertz CT molecular complexity index is 1290. The van der Waals surface area contributed by atoms with Crippen molar-refractivity contribution in [3.05, 3.63) is 47.9 Å². The molecule has 13 nitrogen and oxygen atoms in total. The van der Waals surface area contributed by atoms with E-state index in [9.17, 15) is 23.5 Å². The molecule has 1 fully saturated rings. The van der Waals surface area contributed by atoms with Crippen LogP contribution in [0.15, 0.2) is 36.5 Å². The normalized spacial score (nSPS) is 24.5. The van der Waals surface area contributed by atoms with Crippen LogP contribution in [0.1, 0.15) is 17.6 Å². The topological polar surface area (TPSA) is 189 Å². The van der Waals surface area contributed by atoms with Crippen molar-refractivity contribution in [2.75, 3.05) is 17.8 Å². The molecular weight excluding hydrogens is 507 g/mol. The van der Waals surface area contributed by atoms with Crippen LogP contribution in [-0.4, -0.2) is 70.4 Å². The monoisotopic (exact) mass is 531 g/mol. The molecule has 4 rings (SSSR count). The van der Waals surface area contributed by atoms with Crippen LogP contribution in [0.25, 0.3) is 11.0 Å². The summed E-state index contributed by atoms with van der Waals surface area (Å²) in [7, 11) is -9.55. The second-order valence-corrected chi connectivity index (χ2v) is 12.0. The first kappa shape index (κ1) is 25.8. The Balaban J connectivity index is 1.52. The van der Waals surface area contributed by atoms with Crippen molar-refractivity contribution in [2.45, 2.75) is 38.1 Å². The van der Waals surface area contributed by atoms with E-state index in [2.05, 4.69) is 24.9 Å². The van der Waals surface area contributed by atoms with Crippen LogP contribution < -0.4 is 5.32 Å². The highest BCUT2D eigenvalue weighted by Gasteiger charge is 2.47. The molecule has 1 aliphatic heterocycles. The summed E-state index contributed by atoms with van der Waals surface area (Å²) in [5.74, 6) is -0.568. The first-order chi connectivity index (χ1) is 16.4. The summed E-state index contributed by atoms with van der Waals surface area (Å²) in [5, 5.41) is 18.1. The summed E-state index contributed by atoms with van der Waals surface area (Å²) < 4.78 is 49.2. The van der Waals surface area contributed by atoms with Gasteiger partial charge in [0.05, 0.1) is 18.2 Å². The number of nitrogens with one attached hydrogen (secondary N) is 1. The van der Waals surface area contributed by atoms with Crippen LogP contribution in [0, 0.1) is 6.92 Å². The number of aryl methyl sites for hydroxylation is 1. The minimum atomic E-state index is -4.84. The number of aliphatic hydroxyl groups is 1. The van der Waals surface area contributed by atoms with Crippen molar-refractivity contribution in [1.29, 1.82) is 0 Å². The number of anilines is 1. The van der Waals surface area contributed by atoms with Gasteiger partial charge in [-0.25, -0.2) is 19.0 Å². The molecule has 0 aliphatic carbocycles. The lowest BCUT2D eigenvalue weighted by Gasteiger charge is -2.18. The van der Waals surface area contributed by atoms with E-state index in [0.29, 0.717) is 23.6 Å². The predicted octanol–water partition coefficient (Wildman–Crippen LogP) is 1.68. The number of hydrogen-bond donors (Lipinski definition) is 5. The van der Waals surface area contributed by atoms with Gasteiger partial charge in [0, 0.05) is 6.54 Å². The van der Waals surface area contributed by atoms with Gasteiger partial charge in [0.1, 0.15) is 23.9 Å². The maximum absolute atomic E-state index is 15.0. The molecule has 1 aliphatic rings. The van der Waals surface area contributed by atoms with Gasteiger partial charge in [-0.15, -0.1) is 0 Å². The number of alkyl halides is 1. The van der Waals surface area contributed by atoms with Crippen LogP contribution in [0.3, 0.4) is 0 Å². The molecule has 1 saturated heterocycles. The quantitative estimate of drug-likeness (QED) is 0.252. The van der Waals surface area contributed by atoms with E-state index in [-0.39, 0.29) is 5.65 Å². The standard InChI is InChI=1S/C19H24FN5O8P2/c1-11-23-17(21-7-12-5-3-2-4-6-12)13-8-22-25(18(13)24-11)19-15(20)16(26)14(33-19)9-32-35(30,31)10-34(27,28)29/h2-6,8,14-16,19,26H,7,9-10H2,1H3,(H,30,31)(H,21,23,24)(H2,27,28,29)/t14-,15+,16-,19-/m1/s1. The summed E-state index contributed by atoms with van der Waals surface area (Å²) in [4.78, 5) is 36.1. The molecule has 0 spiro atoms. The molecule has 0 saturated carbocycles. The van der Waals surface area contributed by atoms with E-state index in [4.69, 9.17) is 14.5 Å². The van der Waals surface area contributed by atoms with Crippen molar-refractivity contribution >= 4 is 32.0 Å². The molecule has 1 unspecified atom stereocenters. The summed E-state index contributed by atoms with van der Waals surface area (Å²) in [5.41, 5.74) is 1.25. The smallest absolute Gasteiger partial charge is 0.340 e. The number of halogens is 1. The summed E-state index contributed by atoms with van der Waals surface area (Å²) in [6, 6.07) is 9.59. The molecule has 3 aromatic rings. The zero-order chi connectivity index (χ0) is 25.4. The summed E-state index contributed by atoms with van der Waals surface area (Å²) in [6.45, 7) is 1.35. The number of fused-ring (bicyclic) bond motifs is 1. The molecule has 190 valence electrons. The minimum Gasteiger partial charge on any atom is -0.387 e. The number of ether oxygens (including phenoxy) is 1. The SMILES string of the molecule is Cc1nc(NCc2ccccc2)c2cnn([C@@H]3O[C@H](COP(=O)(O)CP(=O)(O)O)[C@@H](O)[C@@H]3F)c2n1. The van der Waals surface area contributed by atoms with Gasteiger partial charge in [0.15, 0.2) is 23.9 Å². The second-order valence-electron chi connectivity index (χ2n) is 8.02. The highest BCUT2D eigenvalue weighted by atomic mass is 31.2. The number of hydrogen-bond acceptors (Lipinski definition) is 9. The van der Waals surface area contributed by atoms with E-state index in [1.54, 1.807) is 6.92 Å². The summed E-state index contributed by atoms with van der Waals surface area (Å²) in [6.07, 6.45) is -5.16. The molecule has 16 heteroatoms. The van der Waals surface area contributed by atoms with Crippen LogP contribution in [0.4, 0.5) is 10.2 Å². The Kier molecular flexibility index (Phi) is 7.37. The van der Waals surface area contributed by atoms with Crippen LogP contribution in [0.5, 0.6) is 0 Å². The van der Waals surface area contributed by atoms with Gasteiger partial charge in [0.25, 0.3) is 0 Å². The molecule has 0 amide bonds. The van der Waals surface area contributed by atoms with E-state index in [1.807, 2.05) is 30.3 Å². The zero-order valence-corrected chi connectivity index (χ0v) is 20.2. The Labute approximate surface area is 198 Å². The van der Waals surface area contributed by atoms with E-state index in [1.165, 1.54) is 6.20 Å². The average molecular weight is 531 g/mol. The number of rotatable bonds is 9. The molecule has 2 aromatic heterocycles. The van der Waals surface area contributed by atoms with Crippen LogP contribution >= 0.6 is 15.2 Å². The Morgan fingerprint density at radius 2 is 1.91 bits per heavy atom. The van der Waals surface area contributed by atoms with Gasteiger partial charge >= 0.3 is 15.2 Å². The molecular formula is C19H24FN5O8P2. The van der Waals surface area contributed by atoms with E-state index < -0.39 is 52.3 Å². The van der Waals surface area contributed by atoms with E-state index in [0.717, 1.165) is 10.2 Å². The van der Waals surface area contributed by atoms with Gasteiger partial charge in [-0.05, 0) is 12.5 Å². The van der Waals surface area contributed by atoms with Gasteiger partial charge in [-0.1, -0.05) is 30.3 Å². The van der Waals surface area contributed by atoms with Crippen molar-refractivity contribution in [2.24, 2.45) is 0 Å². The maximum atomic E-state index is 15.0. The molecule has 1 aromatic carbocycles. The number of nitrogens with zero attached hydrogens (tertiary/aromatic N) is 4. The fourth-order valence-electron chi connectivity index (χ4n) is 3.64. The van der Waals surface area contributed by atoms with Crippen molar-refractivity contribution < 1.29 is 42.6 Å². The molecule has 0 bridgehead atoms. The van der Waals surface area contributed by atoms with Gasteiger partial charge in [-0.2, -0.15) is 5.10 Å². The first-order valence-corrected chi connectivity index (χ1v) is 14.0. The highest BCUT2D eigenvalue weighted by molar-refractivity contribution is 7.70. The van der Waals surface area contributed by atoms with E-state index >= 15 is 0 Å². The molecule has 35 heavy (non-hydrogen) atoms. The number of benzene rings is 1. The Hall–Kier alpha value is -2.28. The van der Waals surface area contributed by atoms with Crippen molar-refractivity contribution in [1.82, 2.24) is 19.7 Å². The molecule has 3 heterocycles. The Morgan fingerprint density at radius 1 is 1.20 bits per heavy atom. The summed E-state index contributed by atoms with van der Waals surface area (Å²) >= 11 is 0. The van der Waals surface area contributed by atoms with Gasteiger partial charge in [0.2, 0.25) is 0 Å². The zero-order valence-electron chi connectivity index (χ0n) is 18.4. The number of aromatic nitrogens is 4. The van der Waals surface area contributed by atoms with Crippen LogP contribution in [0.2, 0.25) is 0 Å². The molecule has 5 atom stereocenters. The molecule has 0 radical (unpaired) electrons. The third-order valence-electron chi connectivity index (χ3n) is 5.21. The van der Waals surface area contributed by atoms with Crippen molar-refractivity contribution in [3.8, 4) is 0 Å². The van der Waals surface area contributed by atoms with Crippen LogP contribution in [-0.2, 0) is 24.9 Å². The second kappa shape index (κ2) is 10.00. The van der Waals surface area contributed by atoms with Gasteiger partial charge < -0.3 is 34.4 Å². The lowest BCUT2D eigenvalue weighted by atomic mass is 10.1. The molecule has 5 N–H and O–H groups in total. The highest BCUT2D eigenvalue weighted by Crippen LogP contribution is 2.55. The lowest BCUT2D eigenvalue weighted by molar-refractivity contribution is -0.0472.